The first kappa shape index (κ1) is 10.6. The molecule has 0 heterocycles. The Morgan fingerprint density at radius 1 is 1.31 bits per heavy atom. The zero-order valence-electron chi connectivity index (χ0n) is 7.97. The second-order valence-electron chi connectivity index (χ2n) is 3.83. The molecule has 2 nitrogen and oxygen atoms in total. The second-order valence-corrected chi connectivity index (χ2v) is 4.99. The summed E-state index contributed by atoms with van der Waals surface area (Å²) in [5.41, 5.74) is -0.228. The van der Waals surface area contributed by atoms with E-state index in [0.29, 0.717) is 0 Å². The Morgan fingerprint density at radius 3 is 2.46 bits per heavy atom. The molecule has 72 valence electrons. The van der Waals surface area contributed by atoms with Crippen molar-refractivity contribution >= 4 is 22.6 Å². The summed E-state index contributed by atoms with van der Waals surface area (Å²) in [5.74, 6) is 0.966. The van der Waals surface area contributed by atoms with Crippen molar-refractivity contribution in [3.05, 3.63) is 21.8 Å². The van der Waals surface area contributed by atoms with E-state index in [2.05, 4.69) is 22.6 Å². The maximum atomic E-state index is 9.25. The van der Waals surface area contributed by atoms with Gasteiger partial charge < -0.3 is 9.84 Å². The predicted octanol–water partition coefficient (Wildman–Crippen LogP) is 3.17. The van der Waals surface area contributed by atoms with Crippen LogP contribution in [0.15, 0.2) is 18.2 Å². The number of aromatic hydroxyl groups is 1. The zero-order valence-corrected chi connectivity index (χ0v) is 10.1. The van der Waals surface area contributed by atoms with E-state index < -0.39 is 0 Å². The Kier molecular flexibility index (Phi) is 3.05. The van der Waals surface area contributed by atoms with E-state index in [1.54, 1.807) is 12.1 Å². The van der Waals surface area contributed by atoms with Crippen LogP contribution in [0.1, 0.15) is 20.8 Å². The monoisotopic (exact) mass is 292 g/mol. The maximum Gasteiger partial charge on any atom is 0.137 e. The van der Waals surface area contributed by atoms with Crippen molar-refractivity contribution in [3.63, 3.8) is 0 Å². The first-order chi connectivity index (χ1) is 5.88. The van der Waals surface area contributed by atoms with Gasteiger partial charge in [0.25, 0.3) is 0 Å². The molecule has 0 spiro atoms. The molecular weight excluding hydrogens is 279 g/mol. The molecule has 1 rings (SSSR count). The van der Waals surface area contributed by atoms with Gasteiger partial charge in [0, 0.05) is 6.07 Å². The van der Waals surface area contributed by atoms with Gasteiger partial charge >= 0.3 is 0 Å². The minimum atomic E-state index is -0.228. The van der Waals surface area contributed by atoms with Gasteiger partial charge in [-0.1, -0.05) is 0 Å². The van der Waals surface area contributed by atoms with Crippen LogP contribution in [0.3, 0.4) is 0 Å². The summed E-state index contributed by atoms with van der Waals surface area (Å²) in [7, 11) is 0. The summed E-state index contributed by atoms with van der Waals surface area (Å²) in [5, 5.41) is 9.25. The smallest absolute Gasteiger partial charge is 0.137 e. The molecule has 3 heteroatoms. The lowest BCUT2D eigenvalue weighted by Crippen LogP contribution is -2.23. The van der Waals surface area contributed by atoms with E-state index in [9.17, 15) is 5.11 Å². The van der Waals surface area contributed by atoms with Gasteiger partial charge in [0.15, 0.2) is 0 Å². The van der Waals surface area contributed by atoms with Crippen molar-refractivity contribution in [2.75, 3.05) is 0 Å². The quantitative estimate of drug-likeness (QED) is 0.806. The largest absolute Gasteiger partial charge is 0.508 e. The Bertz CT molecular complexity index is 302. The lowest BCUT2D eigenvalue weighted by atomic mass is 10.2. The van der Waals surface area contributed by atoms with Crippen molar-refractivity contribution in [2.24, 2.45) is 0 Å². The topological polar surface area (TPSA) is 29.5 Å². The molecule has 0 aromatic heterocycles. The van der Waals surface area contributed by atoms with Crippen molar-refractivity contribution in [1.82, 2.24) is 0 Å². The van der Waals surface area contributed by atoms with Crippen LogP contribution in [0.5, 0.6) is 11.5 Å². The molecule has 1 aromatic rings. The Labute approximate surface area is 92.1 Å². The fraction of sp³-hybridized carbons (Fsp3) is 0.400. The summed E-state index contributed by atoms with van der Waals surface area (Å²) in [4.78, 5) is 0. The van der Waals surface area contributed by atoms with Gasteiger partial charge in [0.2, 0.25) is 0 Å². The summed E-state index contributed by atoms with van der Waals surface area (Å²) >= 11 is 2.18. The third-order valence-corrected chi connectivity index (χ3v) is 2.22. The molecule has 0 fully saturated rings. The van der Waals surface area contributed by atoms with Crippen molar-refractivity contribution in [3.8, 4) is 11.5 Å². The lowest BCUT2D eigenvalue weighted by molar-refractivity contribution is 0.129. The van der Waals surface area contributed by atoms with Crippen molar-refractivity contribution in [2.45, 2.75) is 26.4 Å². The molecule has 0 amide bonds. The van der Waals surface area contributed by atoms with E-state index in [0.717, 1.165) is 9.32 Å². The molecule has 1 aromatic carbocycles. The van der Waals surface area contributed by atoms with Gasteiger partial charge in [-0.05, 0) is 55.5 Å². The number of phenols is 1. The molecule has 0 radical (unpaired) electrons. The van der Waals surface area contributed by atoms with Crippen LogP contribution >= 0.6 is 22.6 Å². The van der Waals surface area contributed by atoms with Gasteiger partial charge in [-0.2, -0.15) is 0 Å². The molecule has 0 aliphatic heterocycles. The highest BCUT2D eigenvalue weighted by Crippen LogP contribution is 2.28. The van der Waals surface area contributed by atoms with Crippen LogP contribution in [0.4, 0.5) is 0 Å². The van der Waals surface area contributed by atoms with Gasteiger partial charge in [0.1, 0.15) is 17.1 Å². The molecule has 0 bridgehead atoms. The number of hydrogen-bond acceptors (Lipinski definition) is 2. The number of benzene rings is 1. The fourth-order valence-corrected chi connectivity index (χ4v) is 1.35. The highest BCUT2D eigenvalue weighted by atomic mass is 127. The SMILES string of the molecule is CC(C)(C)Oc1cc(O)ccc1I. The molecule has 0 unspecified atom stereocenters. The molecule has 13 heavy (non-hydrogen) atoms. The number of halogens is 1. The van der Waals surface area contributed by atoms with Gasteiger partial charge in [-0.15, -0.1) is 0 Å². The highest BCUT2D eigenvalue weighted by Gasteiger charge is 2.13. The number of rotatable bonds is 1. The zero-order chi connectivity index (χ0) is 10.1. The van der Waals surface area contributed by atoms with Gasteiger partial charge in [-0.25, -0.2) is 0 Å². The number of hydrogen-bond donors (Lipinski definition) is 1. The third-order valence-electron chi connectivity index (χ3n) is 1.33. The Hall–Kier alpha value is -0.450. The fourth-order valence-electron chi connectivity index (χ4n) is 0.900. The number of phenolic OH excluding ortho intramolecular Hbond substituents is 1. The molecule has 1 N–H and O–H groups in total. The molecule has 0 aliphatic carbocycles. The predicted molar refractivity (Wildman–Crippen MR) is 61.2 cm³/mol. The van der Waals surface area contributed by atoms with Crippen LogP contribution in [-0.2, 0) is 0 Å². The van der Waals surface area contributed by atoms with Crippen LogP contribution in [0, 0.1) is 3.57 Å². The average Bonchev–Trinajstić information content (AvgIpc) is 1.94. The normalized spacial score (nSPS) is 11.4. The van der Waals surface area contributed by atoms with E-state index in [1.165, 1.54) is 0 Å². The van der Waals surface area contributed by atoms with Gasteiger partial charge in [0.05, 0.1) is 3.57 Å². The van der Waals surface area contributed by atoms with E-state index in [1.807, 2.05) is 26.8 Å². The minimum Gasteiger partial charge on any atom is -0.508 e. The van der Waals surface area contributed by atoms with E-state index in [-0.39, 0.29) is 11.4 Å². The van der Waals surface area contributed by atoms with Crippen molar-refractivity contribution < 1.29 is 9.84 Å². The maximum absolute atomic E-state index is 9.25. The van der Waals surface area contributed by atoms with Crippen molar-refractivity contribution in [1.29, 1.82) is 0 Å². The molecule has 0 atom stereocenters. The summed E-state index contributed by atoms with van der Waals surface area (Å²) < 4.78 is 6.65. The molecular formula is C10H13IO2. The lowest BCUT2D eigenvalue weighted by Gasteiger charge is -2.22. The second kappa shape index (κ2) is 3.74. The summed E-state index contributed by atoms with van der Waals surface area (Å²) in [6.07, 6.45) is 0. The molecule has 0 saturated carbocycles. The summed E-state index contributed by atoms with van der Waals surface area (Å²) in [6.45, 7) is 5.94. The Morgan fingerprint density at radius 2 is 1.92 bits per heavy atom. The van der Waals surface area contributed by atoms with E-state index in [4.69, 9.17) is 4.74 Å². The number of ether oxygens (including phenoxy) is 1. The highest BCUT2D eigenvalue weighted by molar-refractivity contribution is 14.1. The van der Waals surface area contributed by atoms with Crippen LogP contribution in [0.25, 0.3) is 0 Å². The third kappa shape index (κ3) is 3.42. The summed E-state index contributed by atoms with van der Waals surface area (Å²) in [6, 6.07) is 5.11. The standard InChI is InChI=1S/C10H13IO2/c1-10(2,3)13-9-6-7(12)4-5-8(9)11/h4-6,12H,1-3H3. The van der Waals surface area contributed by atoms with E-state index >= 15 is 0 Å². The van der Waals surface area contributed by atoms with Crippen LogP contribution in [-0.4, -0.2) is 10.7 Å². The Balaban J connectivity index is 2.94. The van der Waals surface area contributed by atoms with Crippen LogP contribution < -0.4 is 4.74 Å². The molecule has 0 aliphatic rings. The van der Waals surface area contributed by atoms with Crippen LogP contribution in [0.2, 0.25) is 0 Å². The first-order valence-corrected chi connectivity index (χ1v) is 5.14. The average molecular weight is 292 g/mol. The van der Waals surface area contributed by atoms with Gasteiger partial charge in [-0.3, -0.25) is 0 Å². The minimum absolute atomic E-state index is 0.228. The molecule has 0 saturated heterocycles. The first-order valence-electron chi connectivity index (χ1n) is 4.06.